The van der Waals surface area contributed by atoms with Crippen LogP contribution >= 0.6 is 23.2 Å². The first-order valence-electron chi connectivity index (χ1n) is 11.2. The molecule has 212 valence electrons. The maximum Gasteiger partial charge on any atom is 0.420 e. The summed E-state index contributed by atoms with van der Waals surface area (Å²) >= 11 is 12.0. The van der Waals surface area contributed by atoms with Crippen LogP contribution in [0.2, 0.25) is 10.3 Å². The Hall–Kier alpha value is -3.99. The third-order valence-corrected chi connectivity index (χ3v) is 5.81. The van der Waals surface area contributed by atoms with E-state index in [1.807, 2.05) is 0 Å². The topological polar surface area (TPSA) is 150 Å². The number of aromatic nitrogens is 6. The van der Waals surface area contributed by atoms with Crippen LogP contribution in [0.25, 0.3) is 11.5 Å². The van der Waals surface area contributed by atoms with E-state index in [1.54, 1.807) is 6.92 Å². The van der Waals surface area contributed by atoms with Crippen LogP contribution in [-0.2, 0) is 20.4 Å². The SMILES string of the molecule is COCC(=O)Nc1cn(-c2ncc(NC(=O)Nc3cnc4cc(Cl)nn4c3[C@H](C)OC)cc2C(F)(F)F)nc1Cl. The van der Waals surface area contributed by atoms with Crippen LogP contribution in [0.5, 0.6) is 0 Å². The van der Waals surface area contributed by atoms with Crippen molar-refractivity contribution in [2.24, 2.45) is 0 Å². The molecule has 0 bridgehead atoms. The number of amides is 3. The number of carbonyl (C=O) groups is 2. The molecule has 0 saturated heterocycles. The average molecular weight is 602 g/mol. The molecule has 18 heteroatoms. The van der Waals surface area contributed by atoms with Crippen molar-refractivity contribution in [1.29, 1.82) is 0 Å². The molecule has 40 heavy (non-hydrogen) atoms. The van der Waals surface area contributed by atoms with Gasteiger partial charge in [0.2, 0.25) is 5.91 Å². The predicted octanol–water partition coefficient (Wildman–Crippen LogP) is 4.57. The molecule has 4 heterocycles. The summed E-state index contributed by atoms with van der Waals surface area (Å²) in [6.45, 7) is 1.39. The predicted molar refractivity (Wildman–Crippen MR) is 138 cm³/mol. The minimum Gasteiger partial charge on any atom is -0.375 e. The largest absolute Gasteiger partial charge is 0.420 e. The lowest BCUT2D eigenvalue weighted by atomic mass is 10.2. The van der Waals surface area contributed by atoms with Crippen LogP contribution in [0.3, 0.4) is 0 Å². The van der Waals surface area contributed by atoms with Crippen LogP contribution in [0, 0.1) is 0 Å². The fourth-order valence-corrected chi connectivity index (χ4v) is 3.94. The van der Waals surface area contributed by atoms with Crippen molar-refractivity contribution in [3.63, 3.8) is 0 Å². The van der Waals surface area contributed by atoms with Crippen molar-refractivity contribution in [1.82, 2.24) is 29.4 Å². The van der Waals surface area contributed by atoms with Gasteiger partial charge in [0.1, 0.15) is 12.2 Å². The molecular formula is C22H20Cl2F3N9O4. The van der Waals surface area contributed by atoms with Crippen molar-refractivity contribution in [2.75, 3.05) is 36.8 Å². The average Bonchev–Trinajstić information content (AvgIpc) is 3.44. The lowest BCUT2D eigenvalue weighted by molar-refractivity contribution is -0.137. The Kier molecular flexibility index (Phi) is 8.43. The van der Waals surface area contributed by atoms with Gasteiger partial charge in [0.15, 0.2) is 21.8 Å². The van der Waals surface area contributed by atoms with E-state index < -0.39 is 35.6 Å². The smallest absolute Gasteiger partial charge is 0.375 e. The molecule has 0 aromatic carbocycles. The summed E-state index contributed by atoms with van der Waals surface area (Å²) in [6.07, 6.45) is -2.07. The number of urea groups is 1. The van der Waals surface area contributed by atoms with Gasteiger partial charge in [-0.3, -0.25) is 4.79 Å². The highest BCUT2D eigenvalue weighted by atomic mass is 35.5. The van der Waals surface area contributed by atoms with Crippen LogP contribution in [0.4, 0.5) is 35.0 Å². The Labute approximate surface area is 233 Å². The van der Waals surface area contributed by atoms with E-state index in [4.69, 9.17) is 32.7 Å². The van der Waals surface area contributed by atoms with E-state index in [9.17, 15) is 22.8 Å². The van der Waals surface area contributed by atoms with E-state index in [2.05, 4.69) is 36.1 Å². The van der Waals surface area contributed by atoms with Gasteiger partial charge in [0, 0.05) is 20.3 Å². The second-order valence-electron chi connectivity index (χ2n) is 8.10. The number of anilines is 3. The van der Waals surface area contributed by atoms with E-state index in [-0.39, 0.29) is 34.0 Å². The first kappa shape index (κ1) is 29.0. The second-order valence-corrected chi connectivity index (χ2v) is 8.85. The van der Waals surface area contributed by atoms with Gasteiger partial charge in [-0.25, -0.2) is 24.0 Å². The van der Waals surface area contributed by atoms with Crippen molar-refractivity contribution in [3.05, 3.63) is 52.3 Å². The lowest BCUT2D eigenvalue weighted by Crippen LogP contribution is -2.23. The van der Waals surface area contributed by atoms with E-state index in [0.29, 0.717) is 17.4 Å². The van der Waals surface area contributed by atoms with Crippen molar-refractivity contribution >= 4 is 57.8 Å². The summed E-state index contributed by atoms with van der Waals surface area (Å²) in [5.41, 5.74) is -0.605. The number of fused-ring (bicyclic) bond motifs is 1. The number of pyridine rings is 1. The molecule has 13 nitrogen and oxygen atoms in total. The molecule has 0 spiro atoms. The Bertz CT molecular complexity index is 1580. The first-order chi connectivity index (χ1) is 18.9. The quantitative estimate of drug-likeness (QED) is 0.266. The molecule has 0 aliphatic rings. The highest BCUT2D eigenvalue weighted by Crippen LogP contribution is 2.35. The number of halogens is 5. The molecule has 3 N–H and O–H groups in total. The van der Waals surface area contributed by atoms with Gasteiger partial charge in [-0.05, 0) is 13.0 Å². The number of nitrogens with zero attached hydrogens (tertiary/aromatic N) is 6. The molecular weight excluding hydrogens is 582 g/mol. The molecule has 4 rings (SSSR count). The number of nitrogens with one attached hydrogen (secondary N) is 3. The zero-order valence-electron chi connectivity index (χ0n) is 20.9. The molecule has 4 aromatic heterocycles. The van der Waals surface area contributed by atoms with Crippen molar-refractivity contribution in [3.8, 4) is 5.82 Å². The van der Waals surface area contributed by atoms with Crippen LogP contribution in [0.1, 0.15) is 24.3 Å². The summed E-state index contributed by atoms with van der Waals surface area (Å²) in [4.78, 5) is 32.5. The molecule has 0 fully saturated rings. The maximum absolute atomic E-state index is 14.0. The summed E-state index contributed by atoms with van der Waals surface area (Å²) in [5.74, 6) is -1.24. The van der Waals surface area contributed by atoms with Gasteiger partial charge >= 0.3 is 12.2 Å². The fourth-order valence-electron chi connectivity index (χ4n) is 3.59. The number of methoxy groups -OCH3 is 2. The van der Waals surface area contributed by atoms with Gasteiger partial charge in [0.05, 0.1) is 47.5 Å². The number of hydrogen-bond acceptors (Lipinski definition) is 8. The Morgan fingerprint density at radius 2 is 1.80 bits per heavy atom. The molecule has 1 atom stereocenters. The molecule has 0 aliphatic heterocycles. The third-order valence-electron chi connectivity index (χ3n) is 5.34. The van der Waals surface area contributed by atoms with E-state index in [0.717, 1.165) is 17.1 Å². The molecule has 0 radical (unpaired) electrons. The van der Waals surface area contributed by atoms with Gasteiger partial charge < -0.3 is 25.4 Å². The van der Waals surface area contributed by atoms with E-state index >= 15 is 0 Å². The summed E-state index contributed by atoms with van der Waals surface area (Å²) in [6, 6.07) is 1.29. The number of carbonyl (C=O) groups excluding carboxylic acids is 2. The van der Waals surface area contributed by atoms with Gasteiger partial charge in [-0.2, -0.15) is 23.4 Å². The fraction of sp³-hybridized carbons (Fsp3) is 0.273. The zero-order chi connectivity index (χ0) is 29.2. The highest BCUT2D eigenvalue weighted by Gasteiger charge is 2.36. The standard InChI is InChI=1S/C22H20Cl2F3N9O4/c1-10(40-3)18-13(7-28-16-5-15(23)33-36(16)18)32-21(38)30-11-4-12(22(25,26)27)20(29-6-11)35-8-14(19(24)34-35)31-17(37)9-39-2/h4-8,10H,9H2,1-3H3,(H,31,37)(H2,30,32,38)/t10-/m0/s1. The Morgan fingerprint density at radius 3 is 2.48 bits per heavy atom. The summed E-state index contributed by atoms with van der Waals surface area (Å²) in [5, 5.41) is 15.0. The minimum atomic E-state index is -4.90. The Balaban J connectivity index is 1.61. The molecule has 3 amide bonds. The summed E-state index contributed by atoms with van der Waals surface area (Å²) < 4.78 is 54.1. The van der Waals surface area contributed by atoms with Gasteiger partial charge in [-0.1, -0.05) is 23.2 Å². The normalized spacial score (nSPS) is 12.4. The molecule has 0 aliphatic carbocycles. The third kappa shape index (κ3) is 6.25. The number of ether oxygens (including phenoxy) is 2. The maximum atomic E-state index is 14.0. The number of hydrogen-bond donors (Lipinski definition) is 3. The zero-order valence-corrected chi connectivity index (χ0v) is 22.4. The minimum absolute atomic E-state index is 0.0506. The van der Waals surface area contributed by atoms with Gasteiger partial charge in [-0.15, -0.1) is 0 Å². The van der Waals surface area contributed by atoms with Crippen molar-refractivity contribution in [2.45, 2.75) is 19.2 Å². The molecule has 0 unspecified atom stereocenters. The summed E-state index contributed by atoms with van der Waals surface area (Å²) in [7, 11) is 2.74. The monoisotopic (exact) mass is 601 g/mol. The van der Waals surface area contributed by atoms with Crippen LogP contribution < -0.4 is 16.0 Å². The second kappa shape index (κ2) is 11.6. The lowest BCUT2D eigenvalue weighted by Gasteiger charge is -2.17. The number of alkyl halides is 3. The first-order valence-corrected chi connectivity index (χ1v) is 11.9. The van der Waals surface area contributed by atoms with Gasteiger partial charge in [0.25, 0.3) is 0 Å². The van der Waals surface area contributed by atoms with Crippen LogP contribution in [-0.4, -0.2) is 62.1 Å². The molecule has 4 aromatic rings. The molecule has 0 saturated carbocycles. The van der Waals surface area contributed by atoms with Crippen molar-refractivity contribution < 1.29 is 32.2 Å². The van der Waals surface area contributed by atoms with Crippen LogP contribution in [0.15, 0.2) is 30.7 Å². The highest BCUT2D eigenvalue weighted by molar-refractivity contribution is 6.32. The Morgan fingerprint density at radius 1 is 1.05 bits per heavy atom. The van der Waals surface area contributed by atoms with E-state index in [1.165, 1.54) is 31.0 Å². The number of rotatable bonds is 8.